The molecule has 0 amide bonds. The average molecular weight is 410 g/mol. The van der Waals surface area contributed by atoms with Gasteiger partial charge >= 0.3 is 5.97 Å². The third-order valence-electron chi connectivity index (χ3n) is 4.80. The van der Waals surface area contributed by atoms with Crippen LogP contribution in [-0.2, 0) is 16.0 Å². The molecule has 0 N–H and O–H groups in total. The number of unbranched alkanes of at least 4 members (excludes halogenated alkanes) is 3. The molecule has 0 radical (unpaired) electrons. The normalized spacial score (nSPS) is 13.0. The largest absolute Gasteiger partial charge is 0.458 e. The highest BCUT2D eigenvalue weighted by Crippen LogP contribution is 2.31. The van der Waals surface area contributed by atoms with Gasteiger partial charge in [-0.3, -0.25) is 9.78 Å². The van der Waals surface area contributed by atoms with Gasteiger partial charge < -0.3 is 9.47 Å². The van der Waals surface area contributed by atoms with Crippen molar-refractivity contribution in [1.29, 1.82) is 0 Å². The zero-order valence-corrected chi connectivity index (χ0v) is 19.0. The number of carbonyl (C=O) groups excluding carboxylic acids is 1. The summed E-state index contributed by atoms with van der Waals surface area (Å²) in [5.41, 5.74) is 1.86. The van der Waals surface area contributed by atoms with E-state index in [1.807, 2.05) is 51.1 Å². The van der Waals surface area contributed by atoms with Crippen LogP contribution in [0.4, 0.5) is 0 Å². The number of hydrogen-bond acceptors (Lipinski definition) is 4. The molecule has 0 aliphatic heterocycles. The van der Waals surface area contributed by atoms with Crippen LogP contribution < -0.4 is 4.74 Å². The van der Waals surface area contributed by atoms with E-state index in [-0.39, 0.29) is 11.4 Å². The number of nitrogens with zero attached hydrogens (tertiary/aromatic N) is 1. The van der Waals surface area contributed by atoms with Gasteiger partial charge in [0, 0.05) is 24.7 Å². The first-order valence-electron chi connectivity index (χ1n) is 10.8. The topological polar surface area (TPSA) is 48.4 Å². The Balaban J connectivity index is 2.24. The number of ether oxygens (including phenoxy) is 2. The minimum absolute atomic E-state index is 0.334. The van der Waals surface area contributed by atoms with E-state index >= 15 is 0 Å². The Bertz CT molecular complexity index is 804. The molecule has 1 aromatic heterocycles. The molecule has 0 saturated carbocycles. The average Bonchev–Trinajstić information content (AvgIpc) is 2.70. The first-order valence-corrected chi connectivity index (χ1v) is 10.8. The molecule has 1 unspecified atom stereocenters. The summed E-state index contributed by atoms with van der Waals surface area (Å²) in [6, 6.07) is 12.0. The molecule has 2 rings (SSSR count). The van der Waals surface area contributed by atoms with Crippen LogP contribution in [0.5, 0.6) is 5.75 Å². The van der Waals surface area contributed by atoms with Crippen molar-refractivity contribution in [2.24, 2.45) is 5.41 Å². The maximum Gasteiger partial charge on any atom is 0.303 e. The summed E-state index contributed by atoms with van der Waals surface area (Å²) in [6.45, 7) is 9.73. The second-order valence-corrected chi connectivity index (χ2v) is 8.75. The molecule has 4 nitrogen and oxygen atoms in total. The molecule has 162 valence electrons. The molecule has 1 heterocycles. The number of rotatable bonds is 10. The minimum atomic E-state index is -0.524. The van der Waals surface area contributed by atoms with Crippen LogP contribution in [0.1, 0.15) is 71.4 Å². The van der Waals surface area contributed by atoms with Gasteiger partial charge in [0.2, 0.25) is 0 Å². The van der Waals surface area contributed by atoms with Crippen molar-refractivity contribution >= 4 is 12.0 Å². The lowest BCUT2D eigenvalue weighted by Gasteiger charge is -2.31. The number of benzene rings is 1. The number of esters is 1. The summed E-state index contributed by atoms with van der Waals surface area (Å²) < 4.78 is 11.9. The van der Waals surface area contributed by atoms with Gasteiger partial charge in [-0.1, -0.05) is 65.2 Å². The molecule has 0 spiro atoms. The monoisotopic (exact) mass is 409 g/mol. The maximum absolute atomic E-state index is 11.8. The van der Waals surface area contributed by atoms with Gasteiger partial charge in [-0.2, -0.15) is 0 Å². The molecule has 1 atom stereocenters. The zero-order valence-electron chi connectivity index (χ0n) is 19.0. The molecular weight excluding hydrogens is 374 g/mol. The summed E-state index contributed by atoms with van der Waals surface area (Å²) in [5, 5.41) is 0. The molecule has 4 heteroatoms. The van der Waals surface area contributed by atoms with Crippen molar-refractivity contribution < 1.29 is 14.3 Å². The lowest BCUT2D eigenvalue weighted by molar-refractivity contribution is -0.150. The van der Waals surface area contributed by atoms with Gasteiger partial charge in [-0.15, -0.1) is 0 Å². The Labute approximate surface area is 181 Å². The van der Waals surface area contributed by atoms with Crippen LogP contribution in [-0.4, -0.2) is 17.1 Å². The lowest BCUT2D eigenvalue weighted by Crippen LogP contribution is -2.34. The van der Waals surface area contributed by atoms with Crippen molar-refractivity contribution in [2.75, 3.05) is 0 Å². The first-order chi connectivity index (χ1) is 14.3. The number of aryl methyl sites for hydroxylation is 1. The number of pyridine rings is 1. The second-order valence-electron chi connectivity index (χ2n) is 8.75. The summed E-state index contributed by atoms with van der Waals surface area (Å²) >= 11 is 0. The van der Waals surface area contributed by atoms with E-state index in [2.05, 4.69) is 24.0 Å². The van der Waals surface area contributed by atoms with Gasteiger partial charge in [0.15, 0.2) is 6.10 Å². The van der Waals surface area contributed by atoms with Gasteiger partial charge in [0.1, 0.15) is 11.5 Å². The van der Waals surface area contributed by atoms with Crippen LogP contribution in [0.3, 0.4) is 0 Å². The number of aromatic nitrogens is 1. The third kappa shape index (κ3) is 8.02. The Morgan fingerprint density at radius 1 is 1.10 bits per heavy atom. The number of carbonyl (C=O) groups is 1. The van der Waals surface area contributed by atoms with Gasteiger partial charge in [0.05, 0.1) is 0 Å². The van der Waals surface area contributed by atoms with E-state index in [9.17, 15) is 4.79 Å². The maximum atomic E-state index is 11.8. The van der Waals surface area contributed by atoms with Crippen molar-refractivity contribution in [3.8, 4) is 5.75 Å². The summed E-state index contributed by atoms with van der Waals surface area (Å²) in [7, 11) is 0. The highest BCUT2D eigenvalue weighted by molar-refractivity contribution is 5.67. The van der Waals surface area contributed by atoms with E-state index in [1.165, 1.54) is 38.2 Å². The van der Waals surface area contributed by atoms with Gasteiger partial charge in [-0.05, 0) is 48.2 Å². The third-order valence-corrected chi connectivity index (χ3v) is 4.80. The van der Waals surface area contributed by atoms with E-state index < -0.39 is 6.10 Å². The van der Waals surface area contributed by atoms with E-state index in [0.717, 1.165) is 17.7 Å². The van der Waals surface area contributed by atoms with E-state index in [0.29, 0.717) is 5.76 Å². The van der Waals surface area contributed by atoms with Crippen molar-refractivity contribution in [1.82, 2.24) is 4.98 Å². The molecule has 2 aromatic rings. The Kier molecular flexibility index (Phi) is 9.10. The Morgan fingerprint density at radius 2 is 1.83 bits per heavy atom. The van der Waals surface area contributed by atoms with Crippen LogP contribution in [0.15, 0.2) is 54.6 Å². The molecule has 0 fully saturated rings. The quantitative estimate of drug-likeness (QED) is 0.252. The molecule has 0 saturated heterocycles. The van der Waals surface area contributed by atoms with Gasteiger partial charge in [-0.25, -0.2) is 0 Å². The highest BCUT2D eigenvalue weighted by Gasteiger charge is 2.33. The van der Waals surface area contributed by atoms with E-state index in [1.54, 1.807) is 12.4 Å². The van der Waals surface area contributed by atoms with Crippen LogP contribution in [0, 0.1) is 5.41 Å². The second kappa shape index (κ2) is 11.5. The van der Waals surface area contributed by atoms with Crippen LogP contribution in [0.2, 0.25) is 0 Å². The van der Waals surface area contributed by atoms with Crippen LogP contribution in [0.25, 0.3) is 6.08 Å². The molecule has 0 bridgehead atoms. The SMILES string of the molecule is CCCCCCc1ccc(OC(=Cc2cccnc2)C(OC(C)=O)C(C)(C)C)cc1. The Morgan fingerprint density at radius 3 is 2.40 bits per heavy atom. The van der Waals surface area contributed by atoms with Gasteiger partial charge in [0.25, 0.3) is 0 Å². The van der Waals surface area contributed by atoms with Crippen molar-refractivity contribution in [3.63, 3.8) is 0 Å². The fraction of sp³-hybridized carbons (Fsp3) is 0.462. The fourth-order valence-corrected chi connectivity index (χ4v) is 3.23. The molecule has 0 aliphatic carbocycles. The predicted molar refractivity (Wildman–Crippen MR) is 122 cm³/mol. The van der Waals surface area contributed by atoms with Crippen molar-refractivity contribution in [2.45, 2.75) is 72.8 Å². The molecular formula is C26H35NO3. The number of hydrogen-bond donors (Lipinski definition) is 0. The minimum Gasteiger partial charge on any atom is -0.458 e. The first kappa shape index (κ1) is 23.7. The molecule has 0 aliphatic rings. The van der Waals surface area contributed by atoms with E-state index in [4.69, 9.17) is 9.47 Å². The summed E-state index contributed by atoms with van der Waals surface area (Å²) in [6.07, 6.45) is 10.9. The summed E-state index contributed by atoms with van der Waals surface area (Å²) in [5.74, 6) is 0.975. The fourth-order valence-electron chi connectivity index (χ4n) is 3.23. The Hall–Kier alpha value is -2.62. The smallest absolute Gasteiger partial charge is 0.303 e. The highest BCUT2D eigenvalue weighted by atomic mass is 16.6. The summed E-state index contributed by atoms with van der Waals surface area (Å²) in [4.78, 5) is 16.0. The zero-order chi connectivity index (χ0) is 22.0. The van der Waals surface area contributed by atoms with Crippen molar-refractivity contribution in [3.05, 3.63) is 65.7 Å². The predicted octanol–water partition coefficient (Wildman–Crippen LogP) is 6.60. The molecule has 1 aromatic carbocycles. The standard InChI is InChI=1S/C26H35NO3/c1-6-7-8-9-11-21-13-15-23(16-14-21)30-24(18-22-12-10-17-27-19-22)25(26(3,4)5)29-20(2)28/h10,12-19,25H,6-9,11H2,1-5H3. The van der Waals surface area contributed by atoms with Crippen LogP contribution >= 0.6 is 0 Å². The molecule has 30 heavy (non-hydrogen) atoms. The lowest BCUT2D eigenvalue weighted by atomic mass is 9.87.